The summed E-state index contributed by atoms with van der Waals surface area (Å²) in [6.45, 7) is 0. The number of aromatic nitrogens is 1. The summed E-state index contributed by atoms with van der Waals surface area (Å²) in [6, 6.07) is 68.1. The van der Waals surface area contributed by atoms with Crippen molar-refractivity contribution < 1.29 is 8.83 Å². The fraction of sp³-hybridized carbons (Fsp3) is 0. The summed E-state index contributed by atoms with van der Waals surface area (Å²) < 4.78 is 12.9. The first-order valence-corrected chi connectivity index (χ1v) is 18.5. The Labute approximate surface area is 317 Å². The van der Waals surface area contributed by atoms with Crippen molar-refractivity contribution in [3.05, 3.63) is 194 Å². The van der Waals surface area contributed by atoms with Gasteiger partial charge in [-0.2, -0.15) is 0 Å². The van der Waals surface area contributed by atoms with Crippen LogP contribution in [-0.2, 0) is 0 Å². The Morgan fingerprint density at radius 2 is 1.05 bits per heavy atom. The molecule has 4 heteroatoms. The molecule has 2 heterocycles. The van der Waals surface area contributed by atoms with Crippen molar-refractivity contribution in [2.75, 3.05) is 4.90 Å². The van der Waals surface area contributed by atoms with Crippen LogP contribution in [0.25, 0.3) is 88.3 Å². The van der Waals surface area contributed by atoms with Gasteiger partial charge in [-0.3, -0.25) is 0 Å². The lowest BCUT2D eigenvalue weighted by atomic mass is 9.97. The van der Waals surface area contributed by atoms with Crippen molar-refractivity contribution in [2.24, 2.45) is 0 Å². The minimum atomic E-state index is 0.636. The lowest BCUT2D eigenvalue weighted by Crippen LogP contribution is -2.09. The highest BCUT2D eigenvalue weighted by Gasteiger charge is 2.17. The van der Waals surface area contributed by atoms with E-state index in [1.807, 2.05) is 48.5 Å². The molecule has 0 radical (unpaired) electrons. The average molecular weight is 705 g/mol. The molecule has 11 aromatic rings. The summed E-state index contributed by atoms with van der Waals surface area (Å²) in [4.78, 5) is 7.15. The highest BCUT2D eigenvalue weighted by Crippen LogP contribution is 2.41. The fourth-order valence-corrected chi connectivity index (χ4v) is 8.03. The Bertz CT molecular complexity index is 3200. The number of fused-ring (bicyclic) bond motifs is 8. The number of hydrogen-bond donors (Lipinski definition) is 0. The van der Waals surface area contributed by atoms with E-state index in [0.29, 0.717) is 5.89 Å². The van der Waals surface area contributed by atoms with Crippen LogP contribution in [0.1, 0.15) is 0 Å². The molecule has 0 aliphatic rings. The molecule has 0 amide bonds. The molecule has 0 saturated carbocycles. The molecule has 258 valence electrons. The molecule has 0 spiro atoms. The van der Waals surface area contributed by atoms with Crippen molar-refractivity contribution in [3.63, 3.8) is 0 Å². The molecule has 0 bridgehead atoms. The fourth-order valence-electron chi connectivity index (χ4n) is 8.03. The molecule has 0 aliphatic heterocycles. The van der Waals surface area contributed by atoms with E-state index in [0.717, 1.165) is 99.5 Å². The van der Waals surface area contributed by atoms with Crippen LogP contribution in [-0.4, -0.2) is 4.98 Å². The number of rotatable bonds is 6. The average Bonchev–Trinajstić information content (AvgIpc) is 3.87. The Balaban J connectivity index is 0.971. The number of para-hydroxylation sites is 3. The number of furan rings is 1. The van der Waals surface area contributed by atoms with Gasteiger partial charge in [-0.1, -0.05) is 127 Å². The van der Waals surface area contributed by atoms with Gasteiger partial charge in [0.2, 0.25) is 5.89 Å². The highest BCUT2D eigenvalue weighted by atomic mass is 16.3. The minimum absolute atomic E-state index is 0.636. The molecule has 9 aromatic carbocycles. The lowest BCUT2D eigenvalue weighted by molar-refractivity contribution is 0.623. The summed E-state index contributed by atoms with van der Waals surface area (Å²) in [5.41, 5.74) is 12.1. The smallest absolute Gasteiger partial charge is 0.227 e. The third-order valence-corrected chi connectivity index (χ3v) is 10.7. The maximum absolute atomic E-state index is 6.44. The highest BCUT2D eigenvalue weighted by molar-refractivity contribution is 6.18. The molecule has 2 aromatic heterocycles. The van der Waals surface area contributed by atoms with Crippen molar-refractivity contribution in [1.82, 2.24) is 4.98 Å². The normalized spacial score (nSPS) is 11.6. The quantitative estimate of drug-likeness (QED) is 0.162. The van der Waals surface area contributed by atoms with Crippen LogP contribution in [0.5, 0.6) is 0 Å². The van der Waals surface area contributed by atoms with E-state index in [1.54, 1.807) is 0 Å². The van der Waals surface area contributed by atoms with E-state index < -0.39 is 0 Å². The van der Waals surface area contributed by atoms with Gasteiger partial charge in [0.15, 0.2) is 5.58 Å². The van der Waals surface area contributed by atoms with Crippen LogP contribution in [0.3, 0.4) is 0 Å². The third-order valence-electron chi connectivity index (χ3n) is 10.7. The van der Waals surface area contributed by atoms with E-state index in [2.05, 4.69) is 150 Å². The van der Waals surface area contributed by atoms with E-state index in [9.17, 15) is 0 Å². The number of hydrogen-bond acceptors (Lipinski definition) is 4. The van der Waals surface area contributed by atoms with Gasteiger partial charge in [-0.05, 0) is 99.6 Å². The van der Waals surface area contributed by atoms with Crippen molar-refractivity contribution in [1.29, 1.82) is 0 Å². The first kappa shape index (κ1) is 31.1. The Kier molecular flexibility index (Phi) is 7.14. The zero-order valence-corrected chi connectivity index (χ0v) is 29.7. The van der Waals surface area contributed by atoms with Gasteiger partial charge in [0.05, 0.1) is 0 Å². The molecule has 55 heavy (non-hydrogen) atoms. The monoisotopic (exact) mass is 704 g/mol. The van der Waals surface area contributed by atoms with E-state index in [-0.39, 0.29) is 0 Å². The predicted molar refractivity (Wildman–Crippen MR) is 227 cm³/mol. The maximum Gasteiger partial charge on any atom is 0.227 e. The zero-order valence-electron chi connectivity index (χ0n) is 29.7. The van der Waals surface area contributed by atoms with Gasteiger partial charge in [-0.15, -0.1) is 0 Å². The lowest BCUT2D eigenvalue weighted by Gasteiger charge is -2.26. The van der Waals surface area contributed by atoms with Gasteiger partial charge >= 0.3 is 0 Å². The SMILES string of the molecule is c1ccc(-c2nc3ccc4ccc5cc(-c6ccc(N(c7ccccc7)c7cccc(-c8cccc9c8oc8ccccc89)c7)cc6)ccc5c4c3o2)cc1. The van der Waals surface area contributed by atoms with Crippen LogP contribution >= 0.6 is 0 Å². The summed E-state index contributed by atoms with van der Waals surface area (Å²) in [5.74, 6) is 0.636. The summed E-state index contributed by atoms with van der Waals surface area (Å²) in [7, 11) is 0. The van der Waals surface area contributed by atoms with Crippen LogP contribution < -0.4 is 4.90 Å². The summed E-state index contributed by atoms with van der Waals surface area (Å²) in [5, 5.41) is 6.77. The molecule has 0 atom stereocenters. The minimum Gasteiger partial charge on any atom is -0.455 e. The maximum atomic E-state index is 6.44. The van der Waals surface area contributed by atoms with E-state index in [4.69, 9.17) is 13.8 Å². The van der Waals surface area contributed by atoms with Gasteiger partial charge < -0.3 is 13.7 Å². The number of anilines is 3. The number of oxazole rings is 1. The van der Waals surface area contributed by atoms with Crippen LogP contribution in [0, 0.1) is 0 Å². The molecular formula is C51H32N2O2. The first-order valence-electron chi connectivity index (χ1n) is 18.5. The number of benzene rings is 9. The van der Waals surface area contributed by atoms with Gasteiger partial charge in [-0.25, -0.2) is 4.98 Å². The Morgan fingerprint density at radius 1 is 0.382 bits per heavy atom. The molecule has 0 saturated heterocycles. The van der Waals surface area contributed by atoms with Gasteiger partial charge in [0, 0.05) is 44.3 Å². The molecule has 0 aliphatic carbocycles. The predicted octanol–water partition coefficient (Wildman–Crippen LogP) is 14.5. The topological polar surface area (TPSA) is 42.4 Å². The van der Waals surface area contributed by atoms with Crippen molar-refractivity contribution in [2.45, 2.75) is 0 Å². The largest absolute Gasteiger partial charge is 0.455 e. The zero-order chi connectivity index (χ0) is 36.3. The van der Waals surface area contributed by atoms with Gasteiger partial charge in [0.25, 0.3) is 0 Å². The second-order valence-corrected chi connectivity index (χ2v) is 13.9. The second-order valence-electron chi connectivity index (χ2n) is 13.9. The Morgan fingerprint density at radius 3 is 1.93 bits per heavy atom. The van der Waals surface area contributed by atoms with Crippen LogP contribution in [0.4, 0.5) is 17.1 Å². The Hall–Kier alpha value is -7.43. The summed E-state index contributed by atoms with van der Waals surface area (Å²) >= 11 is 0. The molecule has 0 unspecified atom stereocenters. The summed E-state index contributed by atoms with van der Waals surface area (Å²) in [6.07, 6.45) is 0. The van der Waals surface area contributed by atoms with Crippen LogP contribution in [0.2, 0.25) is 0 Å². The first-order chi connectivity index (χ1) is 27.2. The van der Waals surface area contributed by atoms with Crippen molar-refractivity contribution >= 4 is 71.6 Å². The van der Waals surface area contributed by atoms with Gasteiger partial charge in [0.1, 0.15) is 16.7 Å². The molecule has 0 N–H and O–H groups in total. The molecular weight excluding hydrogens is 673 g/mol. The molecule has 0 fully saturated rings. The second kappa shape index (κ2) is 12.6. The van der Waals surface area contributed by atoms with Crippen LogP contribution in [0.15, 0.2) is 203 Å². The molecule has 4 nitrogen and oxygen atoms in total. The van der Waals surface area contributed by atoms with E-state index in [1.165, 1.54) is 0 Å². The van der Waals surface area contributed by atoms with E-state index >= 15 is 0 Å². The third kappa shape index (κ3) is 5.26. The standard InChI is InChI=1S/C51H32N2O2/c1-3-11-35(12-4-1)51-52-46-30-26-34-21-22-38-31-36(25-29-42(38)48(34)50(46)55-51)33-23-27-40(28-24-33)53(39-14-5-2-6-15-39)41-16-9-13-37(32-41)43-18-10-19-45-44-17-7-8-20-47(44)54-49(43)45/h1-32H. The van der Waals surface area contributed by atoms with Crippen molar-refractivity contribution in [3.8, 4) is 33.7 Å². The number of nitrogens with zero attached hydrogens (tertiary/aromatic N) is 2. The molecule has 11 rings (SSSR count).